The van der Waals surface area contributed by atoms with Gasteiger partial charge in [0.05, 0.1) is 12.7 Å². The van der Waals surface area contributed by atoms with Gasteiger partial charge in [-0.05, 0) is 44.4 Å². The Kier molecular flexibility index (Phi) is 5.51. The lowest BCUT2D eigenvalue weighted by Crippen LogP contribution is -2.41. The second-order valence-corrected chi connectivity index (χ2v) is 7.18. The zero-order valence-electron chi connectivity index (χ0n) is 15.8. The van der Waals surface area contributed by atoms with Gasteiger partial charge >= 0.3 is 5.97 Å². The number of esters is 1. The Bertz CT molecular complexity index is 680. The lowest BCUT2D eigenvalue weighted by atomic mass is 9.74. The van der Waals surface area contributed by atoms with Gasteiger partial charge in [0.2, 0.25) is 5.91 Å². The van der Waals surface area contributed by atoms with Crippen molar-refractivity contribution in [2.45, 2.75) is 38.2 Å². The minimum atomic E-state index is -0.572. The number of hydrogen-bond acceptors (Lipinski definition) is 5. The predicted molar refractivity (Wildman–Crippen MR) is 98.2 cm³/mol. The van der Waals surface area contributed by atoms with Crippen molar-refractivity contribution in [2.75, 3.05) is 33.8 Å². The highest BCUT2D eigenvalue weighted by molar-refractivity contribution is 5.95. The fourth-order valence-corrected chi connectivity index (χ4v) is 4.05. The van der Waals surface area contributed by atoms with E-state index in [1.165, 1.54) is 0 Å². The van der Waals surface area contributed by atoms with Crippen LogP contribution in [0.3, 0.4) is 0 Å². The zero-order valence-corrected chi connectivity index (χ0v) is 15.8. The number of fused-ring (bicyclic) bond motifs is 2. The normalized spacial score (nSPS) is 24.3. The summed E-state index contributed by atoms with van der Waals surface area (Å²) in [4.78, 5) is 26.8. The van der Waals surface area contributed by atoms with Crippen molar-refractivity contribution in [3.05, 3.63) is 29.3 Å². The van der Waals surface area contributed by atoms with E-state index in [2.05, 4.69) is 12.2 Å². The molecule has 0 unspecified atom stereocenters. The molecule has 1 amide bonds. The predicted octanol–water partition coefficient (Wildman–Crippen LogP) is 2.32. The highest BCUT2D eigenvalue weighted by atomic mass is 16.6. The molecule has 1 aliphatic carbocycles. The highest BCUT2D eigenvalue weighted by Gasteiger charge is 2.48. The number of likely N-dealkylation sites (N-methyl/N-ethyl adjacent to an activating group) is 2. The van der Waals surface area contributed by atoms with Crippen LogP contribution < -0.4 is 10.1 Å². The van der Waals surface area contributed by atoms with E-state index in [0.717, 1.165) is 31.5 Å². The molecule has 1 saturated carbocycles. The average Bonchev–Trinajstić information content (AvgIpc) is 2.93. The standard InChI is InChI=1S/C20H28N2O4/c1-4-21-11-12-22(2)18(23)14-7-9-20(10-8-14)17-6-5-15(25-3)13-16(17)19(24)26-20/h5-6,13-14,21H,4,7-12H2,1-3H3. The van der Waals surface area contributed by atoms with Crippen molar-refractivity contribution in [1.82, 2.24) is 10.2 Å². The van der Waals surface area contributed by atoms with E-state index >= 15 is 0 Å². The van der Waals surface area contributed by atoms with E-state index in [-0.39, 0.29) is 17.8 Å². The third-order valence-corrected chi connectivity index (χ3v) is 5.62. The SMILES string of the molecule is CCNCCN(C)C(=O)C1CCC2(CC1)OC(=O)c1cc(OC)ccc12. The van der Waals surface area contributed by atoms with E-state index in [1.54, 1.807) is 13.2 Å². The summed E-state index contributed by atoms with van der Waals surface area (Å²) in [5, 5.41) is 3.24. The second-order valence-electron chi connectivity index (χ2n) is 7.18. The molecule has 2 aliphatic rings. The number of nitrogens with one attached hydrogen (secondary N) is 1. The quantitative estimate of drug-likeness (QED) is 0.623. The van der Waals surface area contributed by atoms with Gasteiger partial charge in [0.25, 0.3) is 0 Å². The first-order valence-corrected chi connectivity index (χ1v) is 9.38. The molecule has 1 heterocycles. The number of ether oxygens (including phenoxy) is 2. The van der Waals surface area contributed by atoms with Gasteiger partial charge in [-0.25, -0.2) is 4.79 Å². The molecule has 0 radical (unpaired) electrons. The molecular formula is C20H28N2O4. The number of carbonyl (C=O) groups excluding carboxylic acids is 2. The third kappa shape index (κ3) is 3.43. The van der Waals surface area contributed by atoms with Crippen molar-refractivity contribution in [3.8, 4) is 5.75 Å². The van der Waals surface area contributed by atoms with Crippen LogP contribution in [0.5, 0.6) is 5.75 Å². The minimum Gasteiger partial charge on any atom is -0.497 e. The van der Waals surface area contributed by atoms with Crippen molar-refractivity contribution in [1.29, 1.82) is 0 Å². The van der Waals surface area contributed by atoms with Crippen LogP contribution in [0.4, 0.5) is 0 Å². The summed E-state index contributed by atoms with van der Waals surface area (Å²) in [5.74, 6) is 0.570. The van der Waals surface area contributed by atoms with Gasteiger partial charge in [0, 0.05) is 31.6 Å². The van der Waals surface area contributed by atoms with Gasteiger partial charge in [-0.3, -0.25) is 4.79 Å². The third-order valence-electron chi connectivity index (χ3n) is 5.62. The maximum atomic E-state index is 12.7. The van der Waals surface area contributed by atoms with Crippen LogP contribution in [0.2, 0.25) is 0 Å². The zero-order chi connectivity index (χ0) is 18.7. The van der Waals surface area contributed by atoms with Gasteiger partial charge in [-0.1, -0.05) is 13.0 Å². The first-order chi connectivity index (χ1) is 12.5. The molecule has 26 heavy (non-hydrogen) atoms. The van der Waals surface area contributed by atoms with Crippen LogP contribution in [0.15, 0.2) is 18.2 Å². The molecule has 0 aromatic heterocycles. The Morgan fingerprint density at radius 1 is 1.38 bits per heavy atom. The number of amides is 1. The number of methoxy groups -OCH3 is 1. The maximum absolute atomic E-state index is 12.7. The summed E-state index contributed by atoms with van der Waals surface area (Å²) in [6, 6.07) is 5.55. The molecule has 1 spiro atoms. The summed E-state index contributed by atoms with van der Waals surface area (Å²) in [7, 11) is 3.45. The van der Waals surface area contributed by atoms with E-state index in [4.69, 9.17) is 9.47 Å². The summed E-state index contributed by atoms with van der Waals surface area (Å²) in [6.45, 7) is 4.48. The topological polar surface area (TPSA) is 67.9 Å². The first kappa shape index (κ1) is 18.7. The molecule has 1 aromatic carbocycles. The van der Waals surface area contributed by atoms with E-state index < -0.39 is 5.60 Å². The fraction of sp³-hybridized carbons (Fsp3) is 0.600. The van der Waals surface area contributed by atoms with Gasteiger partial charge < -0.3 is 19.7 Å². The van der Waals surface area contributed by atoms with Gasteiger partial charge in [0.1, 0.15) is 11.4 Å². The van der Waals surface area contributed by atoms with Gasteiger partial charge in [-0.15, -0.1) is 0 Å². The summed E-state index contributed by atoms with van der Waals surface area (Å²) in [5.41, 5.74) is 0.962. The monoisotopic (exact) mass is 360 g/mol. The van der Waals surface area contributed by atoms with Crippen molar-refractivity contribution >= 4 is 11.9 Å². The molecule has 0 atom stereocenters. The van der Waals surface area contributed by atoms with E-state index in [9.17, 15) is 9.59 Å². The van der Waals surface area contributed by atoms with Crippen molar-refractivity contribution in [2.24, 2.45) is 5.92 Å². The molecule has 6 nitrogen and oxygen atoms in total. The largest absolute Gasteiger partial charge is 0.497 e. The Hall–Kier alpha value is -2.08. The Balaban J connectivity index is 1.66. The molecule has 142 valence electrons. The highest BCUT2D eigenvalue weighted by Crippen LogP contribution is 2.48. The lowest BCUT2D eigenvalue weighted by Gasteiger charge is -2.37. The minimum absolute atomic E-state index is 0.00764. The Labute approximate surface area is 154 Å². The molecule has 6 heteroatoms. The summed E-state index contributed by atoms with van der Waals surface area (Å²) in [6.07, 6.45) is 2.86. The molecular weight excluding hydrogens is 332 g/mol. The van der Waals surface area contributed by atoms with Crippen LogP contribution in [-0.4, -0.2) is 50.6 Å². The molecule has 1 aliphatic heterocycles. The molecule has 3 rings (SSSR count). The first-order valence-electron chi connectivity index (χ1n) is 9.38. The number of benzene rings is 1. The molecule has 1 fully saturated rings. The van der Waals surface area contributed by atoms with E-state index in [1.807, 2.05) is 24.1 Å². The number of rotatable bonds is 6. The number of carbonyl (C=O) groups is 2. The molecule has 1 aromatic rings. The van der Waals surface area contributed by atoms with Crippen LogP contribution in [0.25, 0.3) is 0 Å². The Morgan fingerprint density at radius 3 is 2.77 bits per heavy atom. The lowest BCUT2D eigenvalue weighted by molar-refractivity contribution is -0.137. The molecule has 0 saturated heterocycles. The van der Waals surface area contributed by atoms with Crippen LogP contribution >= 0.6 is 0 Å². The average molecular weight is 360 g/mol. The van der Waals surface area contributed by atoms with Crippen LogP contribution in [0, 0.1) is 5.92 Å². The van der Waals surface area contributed by atoms with Crippen molar-refractivity contribution < 1.29 is 19.1 Å². The van der Waals surface area contributed by atoms with Gasteiger partial charge in [0.15, 0.2) is 0 Å². The Morgan fingerprint density at radius 2 is 2.12 bits per heavy atom. The summed E-state index contributed by atoms with van der Waals surface area (Å²) >= 11 is 0. The van der Waals surface area contributed by atoms with Crippen LogP contribution in [-0.2, 0) is 15.1 Å². The number of nitrogens with zero attached hydrogens (tertiary/aromatic N) is 1. The maximum Gasteiger partial charge on any atom is 0.339 e. The fourth-order valence-electron chi connectivity index (χ4n) is 4.05. The van der Waals surface area contributed by atoms with Crippen LogP contribution in [0.1, 0.15) is 48.5 Å². The second kappa shape index (κ2) is 7.66. The summed E-state index contributed by atoms with van der Waals surface area (Å²) < 4.78 is 11.0. The van der Waals surface area contributed by atoms with E-state index in [0.29, 0.717) is 30.7 Å². The smallest absolute Gasteiger partial charge is 0.339 e. The number of hydrogen-bond donors (Lipinski definition) is 1. The molecule has 1 N–H and O–H groups in total. The van der Waals surface area contributed by atoms with Gasteiger partial charge in [-0.2, -0.15) is 0 Å². The van der Waals surface area contributed by atoms with Crippen molar-refractivity contribution in [3.63, 3.8) is 0 Å². The molecule has 0 bridgehead atoms.